The highest BCUT2D eigenvalue weighted by atomic mass is 35.5. The van der Waals surface area contributed by atoms with Crippen LogP contribution in [0.1, 0.15) is 25.0 Å². The van der Waals surface area contributed by atoms with Crippen molar-refractivity contribution < 1.29 is 0 Å². The number of hydrogen-bond donors (Lipinski definition) is 2. The first-order chi connectivity index (χ1) is 9.67. The molecule has 2 aromatic rings. The lowest BCUT2D eigenvalue weighted by molar-refractivity contribution is 0.440. The van der Waals surface area contributed by atoms with Gasteiger partial charge in [-0.1, -0.05) is 18.5 Å². The van der Waals surface area contributed by atoms with Gasteiger partial charge in [-0.25, -0.2) is 14.8 Å². The van der Waals surface area contributed by atoms with Crippen LogP contribution < -0.4 is 10.9 Å². The molecule has 0 aliphatic carbocycles. The van der Waals surface area contributed by atoms with Gasteiger partial charge in [0.2, 0.25) is 0 Å². The number of halogens is 1. The zero-order chi connectivity index (χ0) is 14.1. The molecule has 3 rings (SSSR count). The fourth-order valence-electron chi connectivity index (χ4n) is 2.33. The van der Waals surface area contributed by atoms with Gasteiger partial charge < -0.3 is 5.32 Å². The van der Waals surface area contributed by atoms with Crippen LogP contribution in [0.2, 0.25) is 5.02 Å². The van der Waals surface area contributed by atoms with Crippen molar-refractivity contribution in [3.8, 4) is 0 Å². The molecule has 1 aliphatic heterocycles. The van der Waals surface area contributed by atoms with Crippen LogP contribution in [0, 0.1) is 0 Å². The molecule has 106 valence electrons. The van der Waals surface area contributed by atoms with Gasteiger partial charge in [-0.2, -0.15) is 10.2 Å². The number of aromatic nitrogens is 5. The van der Waals surface area contributed by atoms with Gasteiger partial charge in [0.05, 0.1) is 18.4 Å². The zero-order valence-corrected chi connectivity index (χ0v) is 11.8. The molecule has 8 heteroatoms. The molecule has 1 unspecified atom stereocenters. The van der Waals surface area contributed by atoms with Gasteiger partial charge in [-0.05, 0) is 6.42 Å². The Balaban J connectivity index is 1.77. The molecule has 0 bridgehead atoms. The lowest BCUT2D eigenvalue weighted by Gasteiger charge is -2.24. The van der Waals surface area contributed by atoms with Crippen molar-refractivity contribution in [2.24, 2.45) is 0 Å². The molecule has 0 aromatic carbocycles. The number of rotatable bonds is 3. The lowest BCUT2D eigenvalue weighted by atomic mass is 10.1. The number of hydrogen-bond acceptors (Lipinski definition) is 5. The Hall–Kier alpha value is -1.89. The molecule has 1 atom stereocenters. The number of nitrogens with zero attached hydrogens (tertiary/aromatic N) is 4. The van der Waals surface area contributed by atoms with E-state index in [1.165, 1.54) is 6.20 Å². The number of aryl methyl sites for hydroxylation is 2. The van der Waals surface area contributed by atoms with Gasteiger partial charge >= 0.3 is 0 Å². The molecule has 0 fully saturated rings. The summed E-state index contributed by atoms with van der Waals surface area (Å²) in [5, 5.41) is 13.9. The SMILES string of the molecule is CCc1nc2n(n1)CC(Nc1cn[nH]c(=O)c1Cl)CC2. The third-order valence-electron chi connectivity index (χ3n) is 3.37. The predicted molar refractivity (Wildman–Crippen MR) is 75.0 cm³/mol. The van der Waals surface area contributed by atoms with E-state index in [2.05, 4.69) is 25.6 Å². The summed E-state index contributed by atoms with van der Waals surface area (Å²) in [5.74, 6) is 1.89. The molecular formula is C12H15ClN6O. The first-order valence-electron chi connectivity index (χ1n) is 6.59. The van der Waals surface area contributed by atoms with Crippen LogP contribution in [0.15, 0.2) is 11.0 Å². The van der Waals surface area contributed by atoms with Gasteiger partial charge in [-0.3, -0.25) is 4.79 Å². The minimum atomic E-state index is -0.387. The van der Waals surface area contributed by atoms with E-state index in [0.717, 1.165) is 30.9 Å². The maximum atomic E-state index is 11.4. The number of aromatic amines is 1. The lowest BCUT2D eigenvalue weighted by Crippen LogP contribution is -2.32. The van der Waals surface area contributed by atoms with Crippen LogP contribution in [-0.4, -0.2) is 31.0 Å². The molecule has 7 nitrogen and oxygen atoms in total. The average molecular weight is 295 g/mol. The molecule has 0 amide bonds. The Bertz CT molecular complexity index is 679. The highest BCUT2D eigenvalue weighted by molar-refractivity contribution is 6.32. The Labute approximate surface area is 120 Å². The second-order valence-corrected chi connectivity index (χ2v) is 5.16. The Morgan fingerprint density at radius 2 is 2.45 bits per heavy atom. The molecule has 2 N–H and O–H groups in total. The number of fused-ring (bicyclic) bond motifs is 1. The fraction of sp³-hybridized carbons (Fsp3) is 0.500. The Morgan fingerprint density at radius 1 is 1.60 bits per heavy atom. The summed E-state index contributed by atoms with van der Waals surface area (Å²) in [7, 11) is 0. The largest absolute Gasteiger partial charge is 0.378 e. The average Bonchev–Trinajstić information content (AvgIpc) is 2.86. The van der Waals surface area contributed by atoms with Crippen molar-refractivity contribution in [2.45, 2.75) is 38.8 Å². The summed E-state index contributed by atoms with van der Waals surface area (Å²) in [6.07, 6.45) is 4.14. The van der Waals surface area contributed by atoms with Crippen LogP contribution in [-0.2, 0) is 19.4 Å². The van der Waals surface area contributed by atoms with Gasteiger partial charge in [0.25, 0.3) is 5.56 Å². The molecule has 3 heterocycles. The van der Waals surface area contributed by atoms with E-state index < -0.39 is 0 Å². The van der Waals surface area contributed by atoms with E-state index in [1.807, 2.05) is 11.6 Å². The van der Waals surface area contributed by atoms with Crippen molar-refractivity contribution in [1.82, 2.24) is 25.0 Å². The molecule has 20 heavy (non-hydrogen) atoms. The molecule has 0 saturated carbocycles. The highest BCUT2D eigenvalue weighted by Crippen LogP contribution is 2.20. The van der Waals surface area contributed by atoms with Crippen LogP contribution in [0.4, 0.5) is 5.69 Å². The van der Waals surface area contributed by atoms with Gasteiger partial charge in [0.15, 0.2) is 5.82 Å². The van der Waals surface area contributed by atoms with Crippen LogP contribution in [0.3, 0.4) is 0 Å². The Morgan fingerprint density at radius 3 is 3.25 bits per heavy atom. The molecule has 0 spiro atoms. The number of nitrogens with one attached hydrogen (secondary N) is 2. The van der Waals surface area contributed by atoms with E-state index in [4.69, 9.17) is 11.6 Å². The monoisotopic (exact) mass is 294 g/mol. The maximum Gasteiger partial charge on any atom is 0.285 e. The molecular weight excluding hydrogens is 280 g/mol. The van der Waals surface area contributed by atoms with Crippen molar-refractivity contribution >= 4 is 17.3 Å². The molecule has 0 saturated heterocycles. The Kier molecular flexibility index (Phi) is 3.43. The molecule has 1 aliphatic rings. The van der Waals surface area contributed by atoms with Crippen molar-refractivity contribution in [2.75, 3.05) is 5.32 Å². The van der Waals surface area contributed by atoms with Crippen molar-refractivity contribution in [3.63, 3.8) is 0 Å². The molecule has 2 aromatic heterocycles. The van der Waals surface area contributed by atoms with Crippen molar-refractivity contribution in [1.29, 1.82) is 0 Å². The first-order valence-corrected chi connectivity index (χ1v) is 6.97. The summed E-state index contributed by atoms with van der Waals surface area (Å²) >= 11 is 5.96. The van der Waals surface area contributed by atoms with E-state index in [0.29, 0.717) is 12.2 Å². The van der Waals surface area contributed by atoms with Gasteiger partial charge in [0, 0.05) is 18.9 Å². The van der Waals surface area contributed by atoms with Crippen molar-refractivity contribution in [3.05, 3.63) is 33.2 Å². The fourth-order valence-corrected chi connectivity index (χ4v) is 2.48. The smallest absolute Gasteiger partial charge is 0.285 e. The van der Waals surface area contributed by atoms with Crippen LogP contribution >= 0.6 is 11.6 Å². The zero-order valence-electron chi connectivity index (χ0n) is 11.1. The third kappa shape index (κ3) is 2.40. The van der Waals surface area contributed by atoms with Gasteiger partial charge in [0.1, 0.15) is 10.8 Å². The summed E-state index contributed by atoms with van der Waals surface area (Å²) in [4.78, 5) is 15.9. The van der Waals surface area contributed by atoms with Gasteiger partial charge in [-0.15, -0.1) is 0 Å². The second-order valence-electron chi connectivity index (χ2n) is 4.79. The highest BCUT2D eigenvalue weighted by Gasteiger charge is 2.22. The minimum Gasteiger partial charge on any atom is -0.378 e. The van der Waals surface area contributed by atoms with E-state index in [1.54, 1.807) is 0 Å². The van der Waals surface area contributed by atoms with Crippen LogP contribution in [0.25, 0.3) is 0 Å². The minimum absolute atomic E-state index is 0.138. The van der Waals surface area contributed by atoms with Crippen LogP contribution in [0.5, 0.6) is 0 Å². The van der Waals surface area contributed by atoms with E-state index in [9.17, 15) is 4.79 Å². The maximum absolute atomic E-state index is 11.4. The van der Waals surface area contributed by atoms with E-state index in [-0.39, 0.29) is 16.6 Å². The summed E-state index contributed by atoms with van der Waals surface area (Å²) in [6, 6.07) is 0.162. The third-order valence-corrected chi connectivity index (χ3v) is 3.75. The quantitative estimate of drug-likeness (QED) is 0.882. The first kappa shape index (κ1) is 13.1. The summed E-state index contributed by atoms with van der Waals surface area (Å²) in [5.41, 5.74) is 0.168. The summed E-state index contributed by atoms with van der Waals surface area (Å²) < 4.78 is 1.93. The standard InChI is InChI=1S/C12H15ClN6O/c1-2-9-16-10-4-3-7(6-19(10)18-9)15-8-5-14-17-12(20)11(8)13/h5,7H,2-4,6H2,1H3,(H2,15,17,20). The molecule has 0 radical (unpaired) electrons. The summed E-state index contributed by atoms with van der Waals surface area (Å²) in [6.45, 7) is 2.75. The predicted octanol–water partition coefficient (Wildman–Crippen LogP) is 1.00. The number of anilines is 1. The van der Waals surface area contributed by atoms with E-state index >= 15 is 0 Å². The number of H-pyrrole nitrogens is 1. The topological polar surface area (TPSA) is 88.5 Å². The normalized spacial score (nSPS) is 17.8. The second kappa shape index (κ2) is 5.24.